The summed E-state index contributed by atoms with van der Waals surface area (Å²) >= 11 is 0. The molecule has 2 rings (SSSR count). The quantitative estimate of drug-likeness (QED) is 0.797. The van der Waals surface area contributed by atoms with E-state index in [2.05, 4.69) is 10.6 Å². The lowest BCUT2D eigenvalue weighted by molar-refractivity contribution is -0.145. The molecule has 0 spiro atoms. The lowest BCUT2D eigenvalue weighted by atomic mass is 9.98. The van der Waals surface area contributed by atoms with Crippen molar-refractivity contribution in [2.45, 2.75) is 45.2 Å². The number of carbonyl (C=O) groups is 2. The fourth-order valence-corrected chi connectivity index (χ4v) is 2.89. The van der Waals surface area contributed by atoms with Gasteiger partial charge in [0.15, 0.2) is 0 Å². The molecule has 0 aromatic carbocycles. The van der Waals surface area contributed by atoms with Gasteiger partial charge in [-0.05, 0) is 25.3 Å². The van der Waals surface area contributed by atoms with Crippen molar-refractivity contribution in [3.8, 4) is 0 Å². The van der Waals surface area contributed by atoms with Gasteiger partial charge in [-0.2, -0.15) is 0 Å². The van der Waals surface area contributed by atoms with Crippen LogP contribution in [-0.4, -0.2) is 48.4 Å². The number of halogens is 1. The van der Waals surface area contributed by atoms with Gasteiger partial charge in [-0.1, -0.05) is 13.8 Å². The summed E-state index contributed by atoms with van der Waals surface area (Å²) < 4.78 is 0. The molecule has 19 heavy (non-hydrogen) atoms. The van der Waals surface area contributed by atoms with E-state index in [4.69, 9.17) is 0 Å². The van der Waals surface area contributed by atoms with Gasteiger partial charge in [-0.3, -0.25) is 9.59 Å². The smallest absolute Gasteiger partial charge is 0.243 e. The van der Waals surface area contributed by atoms with E-state index in [0.717, 1.165) is 19.4 Å². The van der Waals surface area contributed by atoms with Crippen LogP contribution in [0.15, 0.2) is 0 Å². The molecule has 0 aromatic rings. The first-order chi connectivity index (χ1) is 8.59. The molecule has 5 nitrogen and oxygen atoms in total. The maximum Gasteiger partial charge on any atom is 0.243 e. The first kappa shape index (κ1) is 16.2. The van der Waals surface area contributed by atoms with E-state index in [1.54, 1.807) is 4.90 Å². The first-order valence-corrected chi connectivity index (χ1v) is 6.90. The molecule has 2 atom stereocenters. The number of hydrogen-bond acceptors (Lipinski definition) is 3. The predicted molar refractivity (Wildman–Crippen MR) is 76.2 cm³/mol. The zero-order valence-electron chi connectivity index (χ0n) is 11.6. The van der Waals surface area contributed by atoms with E-state index in [-0.39, 0.29) is 36.2 Å². The Hall–Kier alpha value is -0.810. The van der Waals surface area contributed by atoms with Crippen LogP contribution >= 0.6 is 12.4 Å². The summed E-state index contributed by atoms with van der Waals surface area (Å²) in [5, 5.41) is 6.18. The highest BCUT2D eigenvalue weighted by atomic mass is 35.5. The summed E-state index contributed by atoms with van der Waals surface area (Å²) in [6.07, 6.45) is 2.74. The Labute approximate surface area is 120 Å². The lowest BCUT2D eigenvalue weighted by Crippen LogP contribution is -2.59. The molecular formula is C13H24ClN3O2. The van der Waals surface area contributed by atoms with Gasteiger partial charge in [0.25, 0.3) is 0 Å². The normalized spacial score (nSPS) is 27.1. The summed E-state index contributed by atoms with van der Waals surface area (Å²) in [4.78, 5) is 26.0. The highest BCUT2D eigenvalue weighted by molar-refractivity contribution is 5.89. The molecule has 2 saturated heterocycles. The third-order valence-electron chi connectivity index (χ3n) is 3.79. The lowest BCUT2D eigenvalue weighted by Gasteiger charge is -2.37. The maximum atomic E-state index is 12.3. The number of rotatable bonds is 3. The Morgan fingerprint density at radius 2 is 2.16 bits per heavy atom. The topological polar surface area (TPSA) is 61.4 Å². The molecular weight excluding hydrogens is 266 g/mol. The summed E-state index contributed by atoms with van der Waals surface area (Å²) in [5.74, 6) is 0.262. The van der Waals surface area contributed by atoms with Crippen LogP contribution in [0.1, 0.15) is 33.1 Å². The molecule has 0 aromatic heterocycles. The highest BCUT2D eigenvalue weighted by Crippen LogP contribution is 2.17. The largest absolute Gasteiger partial charge is 0.353 e. The molecule has 2 aliphatic heterocycles. The third-order valence-corrected chi connectivity index (χ3v) is 3.79. The minimum absolute atomic E-state index is 0. The molecule has 2 unspecified atom stereocenters. The average molecular weight is 290 g/mol. The molecule has 2 heterocycles. The van der Waals surface area contributed by atoms with Crippen LogP contribution in [0.25, 0.3) is 0 Å². The van der Waals surface area contributed by atoms with Crippen LogP contribution in [0, 0.1) is 5.92 Å². The van der Waals surface area contributed by atoms with Crippen LogP contribution in [0.4, 0.5) is 0 Å². The van der Waals surface area contributed by atoms with E-state index >= 15 is 0 Å². The van der Waals surface area contributed by atoms with Crippen LogP contribution < -0.4 is 10.6 Å². The fourth-order valence-electron chi connectivity index (χ4n) is 2.89. The summed E-state index contributed by atoms with van der Waals surface area (Å²) in [5.41, 5.74) is 0. The molecule has 2 fully saturated rings. The Kier molecular flexibility index (Phi) is 6.07. The Morgan fingerprint density at radius 1 is 1.42 bits per heavy atom. The number of nitrogens with one attached hydrogen (secondary N) is 2. The van der Waals surface area contributed by atoms with E-state index in [0.29, 0.717) is 25.6 Å². The zero-order chi connectivity index (χ0) is 13.1. The molecule has 0 radical (unpaired) electrons. The maximum absolute atomic E-state index is 12.3. The van der Waals surface area contributed by atoms with Gasteiger partial charge in [-0.15, -0.1) is 12.4 Å². The SMILES string of the molecule is CC(C)C1C(=O)NCCN1C(=O)CC1CCCN1.Cl. The van der Waals surface area contributed by atoms with E-state index < -0.39 is 0 Å². The molecule has 110 valence electrons. The van der Waals surface area contributed by atoms with Gasteiger partial charge < -0.3 is 15.5 Å². The molecule has 0 aliphatic carbocycles. The minimum Gasteiger partial charge on any atom is -0.353 e. The second kappa shape index (κ2) is 7.10. The summed E-state index contributed by atoms with van der Waals surface area (Å²) in [6.45, 7) is 6.20. The van der Waals surface area contributed by atoms with E-state index in [9.17, 15) is 9.59 Å². The van der Waals surface area contributed by atoms with Gasteiger partial charge in [0, 0.05) is 25.6 Å². The van der Waals surface area contributed by atoms with Crippen molar-refractivity contribution in [1.82, 2.24) is 15.5 Å². The third kappa shape index (κ3) is 3.83. The van der Waals surface area contributed by atoms with Crippen LogP contribution in [0.2, 0.25) is 0 Å². The van der Waals surface area contributed by atoms with E-state index in [1.165, 1.54) is 0 Å². The van der Waals surface area contributed by atoms with Crippen LogP contribution in [0.3, 0.4) is 0 Å². The van der Waals surface area contributed by atoms with Crippen molar-refractivity contribution in [3.05, 3.63) is 0 Å². The molecule has 0 bridgehead atoms. The van der Waals surface area contributed by atoms with Gasteiger partial charge in [0.05, 0.1) is 0 Å². The Morgan fingerprint density at radius 3 is 2.74 bits per heavy atom. The van der Waals surface area contributed by atoms with Crippen molar-refractivity contribution in [2.75, 3.05) is 19.6 Å². The van der Waals surface area contributed by atoms with Crippen molar-refractivity contribution in [1.29, 1.82) is 0 Å². The second-order valence-corrected chi connectivity index (χ2v) is 5.56. The number of amides is 2. The Bertz CT molecular complexity index is 330. The second-order valence-electron chi connectivity index (χ2n) is 5.56. The fraction of sp³-hybridized carbons (Fsp3) is 0.846. The van der Waals surface area contributed by atoms with Gasteiger partial charge in [0.2, 0.25) is 11.8 Å². The van der Waals surface area contributed by atoms with Crippen LogP contribution in [-0.2, 0) is 9.59 Å². The average Bonchev–Trinajstić information content (AvgIpc) is 2.80. The Balaban J connectivity index is 0.00000180. The number of nitrogens with zero attached hydrogens (tertiary/aromatic N) is 1. The van der Waals surface area contributed by atoms with E-state index in [1.807, 2.05) is 13.8 Å². The van der Waals surface area contributed by atoms with Crippen molar-refractivity contribution >= 4 is 24.2 Å². The molecule has 2 N–H and O–H groups in total. The zero-order valence-corrected chi connectivity index (χ0v) is 12.5. The van der Waals surface area contributed by atoms with Gasteiger partial charge in [-0.25, -0.2) is 0 Å². The molecule has 6 heteroatoms. The summed E-state index contributed by atoms with van der Waals surface area (Å²) in [6, 6.07) is 0.00273. The molecule has 2 amide bonds. The monoisotopic (exact) mass is 289 g/mol. The number of carbonyl (C=O) groups excluding carboxylic acids is 2. The highest BCUT2D eigenvalue weighted by Gasteiger charge is 2.35. The van der Waals surface area contributed by atoms with Crippen molar-refractivity contribution in [2.24, 2.45) is 5.92 Å². The number of piperazine rings is 1. The van der Waals surface area contributed by atoms with Gasteiger partial charge in [0.1, 0.15) is 6.04 Å². The summed E-state index contributed by atoms with van der Waals surface area (Å²) in [7, 11) is 0. The number of hydrogen-bond donors (Lipinski definition) is 2. The molecule has 0 saturated carbocycles. The first-order valence-electron chi connectivity index (χ1n) is 6.90. The molecule has 2 aliphatic rings. The standard InChI is InChI=1S/C13H23N3O2.ClH/c1-9(2)12-13(18)15-6-7-16(12)11(17)8-10-4-3-5-14-10;/h9-10,12,14H,3-8H2,1-2H3,(H,15,18);1H. The minimum atomic E-state index is -0.298. The van der Waals surface area contributed by atoms with Crippen LogP contribution in [0.5, 0.6) is 0 Å². The van der Waals surface area contributed by atoms with Crippen molar-refractivity contribution in [3.63, 3.8) is 0 Å². The predicted octanol–water partition coefficient (Wildman–Crippen LogP) is 0.533. The van der Waals surface area contributed by atoms with Crippen molar-refractivity contribution < 1.29 is 9.59 Å². The van der Waals surface area contributed by atoms with Gasteiger partial charge >= 0.3 is 0 Å².